The molecule has 0 nitrogen and oxygen atoms in total. The molecule has 0 fully saturated rings. The molecule has 0 spiro atoms. The summed E-state index contributed by atoms with van der Waals surface area (Å²) in [4.78, 5) is 0. The van der Waals surface area contributed by atoms with E-state index in [1.165, 1.54) is 6.41 Å². The van der Waals surface area contributed by atoms with E-state index in [-0.39, 0.29) is 24.8 Å². The molecule has 0 amide bonds. The molecule has 0 atom stereocenters. The molecule has 0 aliphatic heterocycles. The van der Waals surface area contributed by atoms with Crippen molar-refractivity contribution in [3.05, 3.63) is 97.2 Å². The maximum absolute atomic E-state index is 2.99. The molecule has 0 heterocycles. The zero-order valence-electron chi connectivity index (χ0n) is 18.5. The third-order valence-electron chi connectivity index (χ3n) is 2.34. The second kappa shape index (κ2) is 33.6. The molecule has 30 heavy (non-hydrogen) atoms. The SMILES string of the molecule is C[C](C)=[Zr+2].C[C](C)=[Zr+2].[C-]1=CC=CC1.[C-]1=CC=CC1.[C-]1=CC=CC1.[C-]1=CC=CC1.[Cl-].[Cl-]. The third-order valence-corrected chi connectivity index (χ3v) is 2.34. The minimum absolute atomic E-state index is 0. The third kappa shape index (κ3) is 51.0. The Kier molecular flexibility index (Phi) is 41.9. The van der Waals surface area contributed by atoms with Crippen molar-refractivity contribution in [2.75, 3.05) is 0 Å². The Bertz CT molecular complexity index is 483. The summed E-state index contributed by atoms with van der Waals surface area (Å²) in [5.74, 6) is 0. The van der Waals surface area contributed by atoms with Crippen molar-refractivity contribution in [1.82, 2.24) is 0 Å². The van der Waals surface area contributed by atoms with Crippen molar-refractivity contribution in [2.24, 2.45) is 0 Å². The molecule has 0 saturated heterocycles. The van der Waals surface area contributed by atoms with Crippen LogP contribution in [0.15, 0.2) is 72.9 Å². The van der Waals surface area contributed by atoms with Crippen molar-refractivity contribution in [3.63, 3.8) is 0 Å². The number of hydrogen-bond acceptors (Lipinski definition) is 0. The average Bonchev–Trinajstić information content (AvgIpc) is 3.52. The van der Waals surface area contributed by atoms with Gasteiger partial charge in [-0.15, -0.1) is 25.7 Å². The van der Waals surface area contributed by atoms with Gasteiger partial charge in [-0.05, 0) is 0 Å². The Hall–Kier alpha value is 0.00623. The van der Waals surface area contributed by atoms with Gasteiger partial charge in [0.05, 0.1) is 0 Å². The van der Waals surface area contributed by atoms with Gasteiger partial charge in [-0.1, -0.05) is 0 Å². The molecular formula is C26H32Cl2Zr2-2. The van der Waals surface area contributed by atoms with Crippen LogP contribution < -0.4 is 24.8 Å². The fraction of sp³-hybridized carbons (Fsp3) is 0.308. The molecule has 4 heteroatoms. The normalized spacial score (nSPS) is 13.6. The summed E-state index contributed by atoms with van der Waals surface area (Å²) in [6.45, 7) is 8.49. The molecule has 0 aromatic heterocycles. The smallest absolute Gasteiger partial charge is 0.109 e. The Morgan fingerprint density at radius 2 is 0.667 bits per heavy atom. The van der Waals surface area contributed by atoms with Crippen LogP contribution in [0, 0.1) is 24.3 Å². The van der Waals surface area contributed by atoms with Gasteiger partial charge in [0, 0.05) is 0 Å². The molecule has 0 unspecified atom stereocenters. The van der Waals surface area contributed by atoms with E-state index >= 15 is 0 Å². The Morgan fingerprint density at radius 1 is 0.500 bits per heavy atom. The van der Waals surface area contributed by atoms with Crippen molar-refractivity contribution in [3.8, 4) is 0 Å². The summed E-state index contributed by atoms with van der Waals surface area (Å²) >= 11 is 3.11. The number of allylic oxidation sites excluding steroid dienone is 16. The van der Waals surface area contributed by atoms with Gasteiger partial charge >= 0.3 is 82.6 Å². The summed E-state index contributed by atoms with van der Waals surface area (Å²) in [6.07, 6.45) is 40.0. The van der Waals surface area contributed by atoms with E-state index in [4.69, 9.17) is 0 Å². The number of hydrogen-bond donors (Lipinski definition) is 0. The number of halogens is 2. The van der Waals surface area contributed by atoms with Gasteiger partial charge < -0.3 is 24.8 Å². The summed E-state index contributed by atoms with van der Waals surface area (Å²) in [5.41, 5.74) is 0. The van der Waals surface area contributed by atoms with Crippen LogP contribution in [0.4, 0.5) is 0 Å². The molecule has 4 aliphatic rings. The first-order chi connectivity index (χ1) is 13.5. The zero-order valence-corrected chi connectivity index (χ0v) is 24.9. The van der Waals surface area contributed by atoms with Gasteiger partial charge in [0.25, 0.3) is 0 Å². The van der Waals surface area contributed by atoms with Gasteiger partial charge in [0.2, 0.25) is 0 Å². The van der Waals surface area contributed by atoms with Gasteiger partial charge in [-0.2, -0.15) is 24.3 Å². The quantitative estimate of drug-likeness (QED) is 0.362. The van der Waals surface area contributed by atoms with E-state index in [2.05, 4.69) is 76.3 Å². The zero-order chi connectivity index (χ0) is 21.3. The van der Waals surface area contributed by atoms with Crippen molar-refractivity contribution in [2.45, 2.75) is 53.4 Å². The van der Waals surface area contributed by atoms with E-state index in [9.17, 15) is 0 Å². The molecule has 0 radical (unpaired) electrons. The van der Waals surface area contributed by atoms with E-state index in [1.807, 2.05) is 48.6 Å². The minimum atomic E-state index is 0. The second-order valence-corrected chi connectivity index (χ2v) is 10.9. The Labute approximate surface area is 228 Å². The Morgan fingerprint density at radius 3 is 0.700 bits per heavy atom. The van der Waals surface area contributed by atoms with Gasteiger partial charge in [0.1, 0.15) is 0 Å². The van der Waals surface area contributed by atoms with Crippen LogP contribution in [0.1, 0.15) is 53.4 Å². The summed E-state index contributed by atoms with van der Waals surface area (Å²) in [5, 5.41) is 0. The first kappa shape index (κ1) is 37.3. The van der Waals surface area contributed by atoms with Crippen LogP contribution in [-0.2, 0) is 48.5 Å². The topological polar surface area (TPSA) is 0 Å². The molecule has 4 aliphatic carbocycles. The minimum Gasteiger partial charge on any atom is -1.00 e. The molecule has 4 rings (SSSR count). The Balaban J connectivity index is -0.000000134. The molecule has 160 valence electrons. The van der Waals surface area contributed by atoms with E-state index in [0.717, 1.165) is 25.7 Å². The standard InChI is InChI=1S/4C5H5.2C3H6.2ClH.2Zr/c4*1-2-4-5-3-1;2*1-3-2;;;;/h4*1-3H,4H2;2*1-2H3;2*1H;;/q4*-1;;;;;2*+2/p-2. The van der Waals surface area contributed by atoms with Crippen LogP contribution in [0.25, 0.3) is 0 Å². The molecule has 0 aromatic rings. The first-order valence-corrected chi connectivity index (χ1v) is 11.8. The second-order valence-electron chi connectivity index (χ2n) is 6.01. The fourth-order valence-corrected chi connectivity index (χ4v) is 1.36. The molecule has 0 N–H and O–H groups in total. The van der Waals surface area contributed by atoms with E-state index in [0.29, 0.717) is 0 Å². The van der Waals surface area contributed by atoms with Crippen molar-refractivity contribution < 1.29 is 73.3 Å². The van der Waals surface area contributed by atoms with Gasteiger partial charge in [-0.3, -0.25) is 24.3 Å². The largest absolute Gasteiger partial charge is 1.00 e. The van der Waals surface area contributed by atoms with Gasteiger partial charge in [0.15, 0.2) is 0 Å². The van der Waals surface area contributed by atoms with Crippen LogP contribution >= 0.6 is 0 Å². The number of rotatable bonds is 0. The molecular weight excluding hydrogens is 566 g/mol. The fourth-order valence-electron chi connectivity index (χ4n) is 1.36. The van der Waals surface area contributed by atoms with Gasteiger partial charge in [-0.25, -0.2) is 48.6 Å². The van der Waals surface area contributed by atoms with Crippen LogP contribution in [0.5, 0.6) is 0 Å². The van der Waals surface area contributed by atoms with Crippen LogP contribution in [-0.4, -0.2) is 6.41 Å². The molecule has 0 aromatic carbocycles. The monoisotopic (exact) mass is 594 g/mol. The van der Waals surface area contributed by atoms with E-state index < -0.39 is 0 Å². The summed E-state index contributed by atoms with van der Waals surface area (Å²) in [6, 6.07) is 0. The maximum Gasteiger partial charge on any atom is -0.109 e. The average molecular weight is 598 g/mol. The van der Waals surface area contributed by atoms with E-state index in [1.54, 1.807) is 48.5 Å². The molecule has 0 saturated carbocycles. The van der Waals surface area contributed by atoms with Crippen LogP contribution in [0.3, 0.4) is 0 Å². The summed E-state index contributed by atoms with van der Waals surface area (Å²) in [7, 11) is 0. The molecule has 0 bridgehead atoms. The maximum atomic E-state index is 2.99. The summed E-state index contributed by atoms with van der Waals surface area (Å²) < 4.78 is 3.01. The van der Waals surface area contributed by atoms with Crippen molar-refractivity contribution in [1.29, 1.82) is 0 Å². The first-order valence-electron chi connectivity index (χ1n) is 9.37. The van der Waals surface area contributed by atoms with Crippen molar-refractivity contribution >= 4 is 6.41 Å². The predicted molar refractivity (Wildman–Crippen MR) is 119 cm³/mol. The van der Waals surface area contributed by atoms with Crippen LogP contribution in [0.2, 0.25) is 0 Å². The predicted octanol–water partition coefficient (Wildman–Crippen LogP) is 0.722.